The maximum atomic E-state index is 13.9. The van der Waals surface area contributed by atoms with E-state index < -0.39 is 21.8 Å². The first-order valence-electron chi connectivity index (χ1n) is 12.3. The van der Waals surface area contributed by atoms with Gasteiger partial charge in [-0.15, -0.1) is 0 Å². The number of fused-ring (bicyclic) bond motifs is 1. The highest BCUT2D eigenvalue weighted by atomic mass is 32.2. The average molecular weight is 533 g/mol. The molecule has 2 aromatic rings. The van der Waals surface area contributed by atoms with Gasteiger partial charge in [0.1, 0.15) is 11.6 Å². The molecule has 2 aliphatic rings. The second-order valence-electron chi connectivity index (χ2n) is 8.52. The molecule has 2 N–H and O–H groups in total. The standard InChI is InChI=1S/C23H27FN2O5S.C4H6O/c1-3-26(4-2)11-5-7-17-13-18(24)9-10-22(17)32(29,30)25-20-15-21-16(8-6-12-31-21)14-19(20)23(27)28;1-2-4-5-3-1/h6,9-10,12-15,25H,3-5,7-8,11H2,1-2H3,(H,27,28);1,3H,2,4H2. The van der Waals surface area contributed by atoms with Crippen molar-refractivity contribution in [1.29, 1.82) is 0 Å². The van der Waals surface area contributed by atoms with Gasteiger partial charge in [-0.2, -0.15) is 0 Å². The maximum Gasteiger partial charge on any atom is 0.337 e. The molecular weight excluding hydrogens is 499 g/mol. The lowest BCUT2D eigenvalue weighted by Gasteiger charge is -2.19. The number of anilines is 1. The summed E-state index contributed by atoms with van der Waals surface area (Å²) in [5.41, 5.74) is 0.701. The number of halogens is 1. The van der Waals surface area contributed by atoms with Crippen molar-refractivity contribution in [2.24, 2.45) is 0 Å². The van der Waals surface area contributed by atoms with Crippen molar-refractivity contribution in [2.75, 3.05) is 31.0 Å². The van der Waals surface area contributed by atoms with E-state index in [9.17, 15) is 22.7 Å². The fourth-order valence-corrected chi connectivity index (χ4v) is 5.35. The Bertz CT molecular complexity index is 1250. The number of ether oxygens (including phenoxy) is 2. The molecule has 2 aromatic carbocycles. The molecule has 0 spiro atoms. The SMILES string of the molecule is C1=COCC1.CCN(CC)CCCc1cc(F)ccc1S(=O)(=O)Nc1cc2c(cc1C(=O)O)CC=CO2. The number of carbonyl (C=O) groups is 1. The van der Waals surface area contributed by atoms with E-state index in [1.807, 2.05) is 19.9 Å². The number of rotatable bonds is 10. The van der Waals surface area contributed by atoms with Crippen LogP contribution >= 0.6 is 0 Å². The average Bonchev–Trinajstić information content (AvgIpc) is 3.46. The van der Waals surface area contributed by atoms with Crippen LogP contribution in [-0.2, 0) is 27.6 Å². The van der Waals surface area contributed by atoms with Crippen molar-refractivity contribution < 1.29 is 32.2 Å². The monoisotopic (exact) mass is 532 g/mol. The highest BCUT2D eigenvalue weighted by Gasteiger charge is 2.24. The van der Waals surface area contributed by atoms with Crippen molar-refractivity contribution >= 4 is 21.7 Å². The van der Waals surface area contributed by atoms with Gasteiger partial charge in [-0.3, -0.25) is 4.72 Å². The number of benzene rings is 2. The van der Waals surface area contributed by atoms with Gasteiger partial charge in [0.25, 0.3) is 10.0 Å². The normalized spacial score (nSPS) is 13.8. The van der Waals surface area contributed by atoms with E-state index in [4.69, 9.17) is 9.47 Å². The Hall–Kier alpha value is -3.37. The highest BCUT2D eigenvalue weighted by Crippen LogP contribution is 2.32. The van der Waals surface area contributed by atoms with Crippen LogP contribution in [0.3, 0.4) is 0 Å². The van der Waals surface area contributed by atoms with Gasteiger partial charge < -0.3 is 19.5 Å². The molecule has 0 radical (unpaired) electrons. The largest absolute Gasteiger partial charge is 0.501 e. The molecule has 37 heavy (non-hydrogen) atoms. The predicted octanol–water partition coefficient (Wildman–Crippen LogP) is 4.97. The van der Waals surface area contributed by atoms with Gasteiger partial charge >= 0.3 is 5.97 Å². The number of carboxylic acids is 1. The minimum Gasteiger partial charge on any atom is -0.501 e. The lowest BCUT2D eigenvalue weighted by atomic mass is 10.0. The molecule has 0 aliphatic carbocycles. The number of aromatic carboxylic acids is 1. The van der Waals surface area contributed by atoms with Gasteiger partial charge in [0.15, 0.2) is 0 Å². The summed E-state index contributed by atoms with van der Waals surface area (Å²) in [6.07, 6.45) is 9.56. The molecule has 0 aromatic heterocycles. The fourth-order valence-electron chi connectivity index (χ4n) is 4.03. The summed E-state index contributed by atoms with van der Waals surface area (Å²) in [6.45, 7) is 7.49. The van der Waals surface area contributed by atoms with Crippen LogP contribution in [0, 0.1) is 5.82 Å². The third-order valence-corrected chi connectivity index (χ3v) is 7.49. The second kappa shape index (κ2) is 13.3. The first-order valence-corrected chi connectivity index (χ1v) is 13.8. The van der Waals surface area contributed by atoms with Gasteiger partial charge in [-0.1, -0.05) is 13.8 Å². The van der Waals surface area contributed by atoms with Gasteiger partial charge in [-0.25, -0.2) is 17.6 Å². The second-order valence-corrected chi connectivity index (χ2v) is 10.2. The number of sulfonamides is 1. The maximum absolute atomic E-state index is 13.9. The summed E-state index contributed by atoms with van der Waals surface area (Å²) < 4.78 is 52.8. The summed E-state index contributed by atoms with van der Waals surface area (Å²) in [5, 5.41) is 9.59. The van der Waals surface area contributed by atoms with E-state index in [1.165, 1.54) is 30.5 Å². The van der Waals surface area contributed by atoms with Crippen molar-refractivity contribution in [3.63, 3.8) is 0 Å². The van der Waals surface area contributed by atoms with Gasteiger partial charge in [0.2, 0.25) is 0 Å². The quantitative estimate of drug-likeness (QED) is 0.445. The Balaban J connectivity index is 0.000000678. The Labute approximate surface area is 217 Å². The Morgan fingerprint density at radius 1 is 1.14 bits per heavy atom. The molecule has 4 rings (SSSR count). The summed E-state index contributed by atoms with van der Waals surface area (Å²) in [4.78, 5) is 13.9. The van der Waals surface area contributed by atoms with E-state index in [0.717, 1.165) is 38.7 Å². The number of hydrogen-bond donors (Lipinski definition) is 2. The van der Waals surface area contributed by atoms with Crippen LogP contribution in [-0.4, -0.2) is 50.6 Å². The van der Waals surface area contributed by atoms with E-state index >= 15 is 0 Å². The van der Waals surface area contributed by atoms with Crippen LogP contribution < -0.4 is 9.46 Å². The summed E-state index contributed by atoms with van der Waals surface area (Å²) in [7, 11) is -4.17. The minimum atomic E-state index is -4.17. The van der Waals surface area contributed by atoms with Gasteiger partial charge in [0, 0.05) is 12.5 Å². The Kier molecular flexibility index (Phi) is 10.1. The number of aryl methyl sites for hydroxylation is 1. The molecular formula is C27H33FN2O6S. The fraction of sp³-hybridized carbons (Fsp3) is 0.370. The molecule has 0 fully saturated rings. The molecule has 200 valence electrons. The van der Waals surface area contributed by atoms with Gasteiger partial charge in [-0.05, 0) is 86.4 Å². The first-order chi connectivity index (χ1) is 17.7. The topological polar surface area (TPSA) is 105 Å². The van der Waals surface area contributed by atoms with Crippen LogP contribution in [0.5, 0.6) is 5.75 Å². The van der Waals surface area contributed by atoms with Crippen molar-refractivity contribution in [2.45, 2.75) is 44.4 Å². The molecule has 0 unspecified atom stereocenters. The van der Waals surface area contributed by atoms with E-state index in [-0.39, 0.29) is 16.1 Å². The lowest BCUT2D eigenvalue weighted by molar-refractivity contribution is 0.0698. The molecule has 8 nitrogen and oxygen atoms in total. The van der Waals surface area contributed by atoms with Crippen LogP contribution in [0.2, 0.25) is 0 Å². The number of allylic oxidation sites excluding steroid dienone is 1. The zero-order valence-electron chi connectivity index (χ0n) is 21.1. The number of nitrogens with zero attached hydrogens (tertiary/aromatic N) is 1. The van der Waals surface area contributed by atoms with Crippen molar-refractivity contribution in [3.05, 3.63) is 77.5 Å². The van der Waals surface area contributed by atoms with E-state index in [0.29, 0.717) is 36.1 Å². The molecule has 2 heterocycles. The van der Waals surface area contributed by atoms with E-state index in [1.54, 1.807) is 12.3 Å². The van der Waals surface area contributed by atoms with Crippen molar-refractivity contribution in [3.8, 4) is 5.75 Å². The number of carboxylic acid groups (broad SMARTS) is 1. The molecule has 2 aliphatic heterocycles. The zero-order valence-corrected chi connectivity index (χ0v) is 21.9. The smallest absolute Gasteiger partial charge is 0.337 e. The van der Waals surface area contributed by atoms with Gasteiger partial charge in [0.05, 0.1) is 35.3 Å². The zero-order chi connectivity index (χ0) is 26.8. The predicted molar refractivity (Wildman–Crippen MR) is 140 cm³/mol. The molecule has 0 amide bonds. The minimum absolute atomic E-state index is 0.0756. The molecule has 0 saturated carbocycles. The summed E-state index contributed by atoms with van der Waals surface area (Å²) >= 11 is 0. The Morgan fingerprint density at radius 2 is 1.92 bits per heavy atom. The third kappa shape index (κ3) is 7.80. The van der Waals surface area contributed by atoms with Crippen LogP contribution in [0.1, 0.15) is 48.2 Å². The number of hydrogen-bond acceptors (Lipinski definition) is 6. The van der Waals surface area contributed by atoms with Crippen molar-refractivity contribution in [1.82, 2.24) is 4.90 Å². The third-order valence-electron chi connectivity index (χ3n) is 6.03. The highest BCUT2D eigenvalue weighted by molar-refractivity contribution is 7.92. The van der Waals surface area contributed by atoms with Crippen LogP contribution in [0.15, 0.2) is 59.9 Å². The molecule has 0 atom stereocenters. The summed E-state index contributed by atoms with van der Waals surface area (Å²) in [6, 6.07) is 6.28. The number of nitrogens with one attached hydrogen (secondary N) is 1. The van der Waals surface area contributed by atoms with Crippen LogP contribution in [0.4, 0.5) is 10.1 Å². The molecule has 10 heteroatoms. The van der Waals surface area contributed by atoms with E-state index in [2.05, 4.69) is 9.62 Å². The molecule has 0 saturated heterocycles. The van der Waals surface area contributed by atoms with Crippen LogP contribution in [0.25, 0.3) is 0 Å². The Morgan fingerprint density at radius 3 is 2.54 bits per heavy atom. The lowest BCUT2D eigenvalue weighted by Crippen LogP contribution is -2.24. The molecule has 0 bridgehead atoms. The first kappa shape index (κ1) is 28.2. The summed E-state index contributed by atoms with van der Waals surface area (Å²) in [5.74, 6) is -1.41.